The lowest BCUT2D eigenvalue weighted by Crippen LogP contribution is -2.16. The number of anilines is 1. The first-order valence-electron chi connectivity index (χ1n) is 4.98. The SMILES string of the molecule is O=S(=O)(Nc1ccnc(Cl)c1)c1c(F)cccc1F. The van der Waals surface area contributed by atoms with E-state index in [0.717, 1.165) is 18.2 Å². The molecule has 0 unspecified atom stereocenters. The number of aromatic nitrogens is 1. The molecular weight excluding hydrogens is 298 g/mol. The summed E-state index contributed by atoms with van der Waals surface area (Å²) in [6.45, 7) is 0. The molecule has 0 aliphatic rings. The molecule has 0 aliphatic heterocycles. The molecule has 0 saturated carbocycles. The van der Waals surface area contributed by atoms with E-state index in [0.29, 0.717) is 0 Å². The van der Waals surface area contributed by atoms with Gasteiger partial charge in [-0.05, 0) is 24.3 Å². The molecule has 2 rings (SSSR count). The van der Waals surface area contributed by atoms with Crippen molar-refractivity contribution in [1.82, 2.24) is 4.98 Å². The maximum atomic E-state index is 13.4. The average molecular weight is 305 g/mol. The minimum atomic E-state index is -4.38. The number of benzene rings is 1. The second-order valence-electron chi connectivity index (χ2n) is 3.52. The van der Waals surface area contributed by atoms with Crippen LogP contribution >= 0.6 is 11.6 Å². The van der Waals surface area contributed by atoms with E-state index >= 15 is 0 Å². The number of rotatable bonds is 3. The molecule has 4 nitrogen and oxygen atoms in total. The monoisotopic (exact) mass is 304 g/mol. The highest BCUT2D eigenvalue weighted by Crippen LogP contribution is 2.22. The first-order valence-corrected chi connectivity index (χ1v) is 6.84. The molecule has 1 heterocycles. The normalized spacial score (nSPS) is 11.3. The van der Waals surface area contributed by atoms with Gasteiger partial charge in [0.1, 0.15) is 16.8 Å². The molecule has 0 bridgehead atoms. The molecule has 0 saturated heterocycles. The Bertz CT molecular complexity index is 702. The van der Waals surface area contributed by atoms with Gasteiger partial charge >= 0.3 is 0 Å². The van der Waals surface area contributed by atoms with Crippen molar-refractivity contribution in [2.24, 2.45) is 0 Å². The third-order valence-corrected chi connectivity index (χ3v) is 3.81. The van der Waals surface area contributed by atoms with Gasteiger partial charge in [0.2, 0.25) is 0 Å². The molecule has 0 fully saturated rings. The predicted molar refractivity (Wildman–Crippen MR) is 66.4 cm³/mol. The van der Waals surface area contributed by atoms with Gasteiger partial charge in [-0.3, -0.25) is 4.72 Å². The summed E-state index contributed by atoms with van der Waals surface area (Å²) in [6.07, 6.45) is 1.26. The van der Waals surface area contributed by atoms with Crippen LogP contribution in [0.25, 0.3) is 0 Å². The second-order valence-corrected chi connectivity index (χ2v) is 5.53. The van der Waals surface area contributed by atoms with E-state index in [1.54, 1.807) is 0 Å². The molecule has 0 amide bonds. The van der Waals surface area contributed by atoms with Crippen molar-refractivity contribution in [3.8, 4) is 0 Å². The Morgan fingerprint density at radius 2 is 1.79 bits per heavy atom. The molecule has 8 heteroatoms. The van der Waals surface area contributed by atoms with Gasteiger partial charge in [-0.25, -0.2) is 22.2 Å². The molecule has 1 N–H and O–H groups in total. The number of pyridine rings is 1. The van der Waals surface area contributed by atoms with Crippen molar-refractivity contribution in [3.05, 3.63) is 53.3 Å². The summed E-state index contributed by atoms with van der Waals surface area (Å²) in [5.74, 6) is -2.35. The highest BCUT2D eigenvalue weighted by atomic mass is 35.5. The standard InChI is InChI=1S/C11H7ClF2N2O2S/c12-10-6-7(4-5-15-10)16-19(17,18)11-8(13)2-1-3-9(11)14/h1-6H,(H,15,16). The third kappa shape index (κ3) is 2.99. The second kappa shape index (κ2) is 5.10. The minimum absolute atomic E-state index is 0.0502. The Morgan fingerprint density at radius 1 is 1.16 bits per heavy atom. The maximum absolute atomic E-state index is 13.4. The summed E-state index contributed by atoms with van der Waals surface area (Å²) in [7, 11) is -4.38. The van der Waals surface area contributed by atoms with Crippen molar-refractivity contribution in [2.75, 3.05) is 4.72 Å². The van der Waals surface area contributed by atoms with Gasteiger partial charge in [-0.15, -0.1) is 0 Å². The fourth-order valence-electron chi connectivity index (χ4n) is 1.41. The van der Waals surface area contributed by atoms with Gasteiger partial charge in [0.05, 0.1) is 5.69 Å². The van der Waals surface area contributed by atoms with Crippen LogP contribution in [0.2, 0.25) is 5.15 Å². The molecule has 1 aromatic carbocycles. The molecule has 2 aromatic rings. The Labute approximate surface area is 113 Å². The average Bonchev–Trinajstić information content (AvgIpc) is 2.27. The van der Waals surface area contributed by atoms with Gasteiger partial charge in [0, 0.05) is 6.20 Å². The van der Waals surface area contributed by atoms with Crippen LogP contribution in [0.3, 0.4) is 0 Å². The number of sulfonamides is 1. The zero-order valence-electron chi connectivity index (χ0n) is 9.27. The van der Waals surface area contributed by atoms with E-state index in [4.69, 9.17) is 11.6 Å². The van der Waals surface area contributed by atoms with Crippen molar-refractivity contribution in [2.45, 2.75) is 4.90 Å². The van der Waals surface area contributed by atoms with Crippen molar-refractivity contribution in [1.29, 1.82) is 0 Å². The molecule has 19 heavy (non-hydrogen) atoms. The minimum Gasteiger partial charge on any atom is -0.279 e. The van der Waals surface area contributed by atoms with E-state index in [1.807, 2.05) is 4.72 Å². The Balaban J connectivity index is 2.44. The molecule has 0 aliphatic carbocycles. The first-order chi connectivity index (χ1) is 8.90. The Hall–Kier alpha value is -1.73. The molecule has 0 atom stereocenters. The topological polar surface area (TPSA) is 59.1 Å². The molecule has 0 spiro atoms. The Morgan fingerprint density at radius 3 is 2.37 bits per heavy atom. The number of hydrogen-bond acceptors (Lipinski definition) is 3. The van der Waals surface area contributed by atoms with E-state index in [9.17, 15) is 17.2 Å². The summed E-state index contributed by atoms with van der Waals surface area (Å²) < 4.78 is 52.7. The zero-order valence-corrected chi connectivity index (χ0v) is 10.8. The number of halogens is 3. The highest BCUT2D eigenvalue weighted by molar-refractivity contribution is 7.92. The van der Waals surface area contributed by atoms with Crippen LogP contribution in [-0.2, 0) is 10.0 Å². The highest BCUT2D eigenvalue weighted by Gasteiger charge is 2.23. The molecule has 0 radical (unpaired) electrons. The van der Waals surface area contributed by atoms with Gasteiger partial charge < -0.3 is 0 Å². The molecular formula is C11H7ClF2N2O2S. The van der Waals surface area contributed by atoms with Gasteiger partial charge in [-0.1, -0.05) is 17.7 Å². The van der Waals surface area contributed by atoms with E-state index in [2.05, 4.69) is 4.98 Å². The van der Waals surface area contributed by atoms with Crippen LogP contribution in [0.1, 0.15) is 0 Å². The largest absolute Gasteiger partial charge is 0.279 e. The van der Waals surface area contributed by atoms with E-state index < -0.39 is 26.6 Å². The quantitative estimate of drug-likeness (QED) is 0.887. The fourth-order valence-corrected chi connectivity index (χ4v) is 2.77. The van der Waals surface area contributed by atoms with Crippen LogP contribution in [-0.4, -0.2) is 13.4 Å². The van der Waals surface area contributed by atoms with Crippen LogP contribution in [0, 0.1) is 11.6 Å². The van der Waals surface area contributed by atoms with Crippen LogP contribution in [0.15, 0.2) is 41.4 Å². The summed E-state index contributed by atoms with van der Waals surface area (Å²) in [6, 6.07) is 5.32. The number of hydrogen-bond donors (Lipinski definition) is 1. The first kappa shape index (κ1) is 13.7. The summed E-state index contributed by atoms with van der Waals surface area (Å²) in [5.41, 5.74) is 0.0580. The predicted octanol–water partition coefficient (Wildman–Crippen LogP) is 2.81. The summed E-state index contributed by atoms with van der Waals surface area (Å²) in [4.78, 5) is 2.62. The fraction of sp³-hybridized carbons (Fsp3) is 0. The van der Waals surface area contributed by atoms with Gasteiger partial charge in [-0.2, -0.15) is 0 Å². The number of nitrogens with one attached hydrogen (secondary N) is 1. The lowest BCUT2D eigenvalue weighted by Gasteiger charge is -2.09. The lowest BCUT2D eigenvalue weighted by atomic mass is 10.3. The Kier molecular flexibility index (Phi) is 3.68. The van der Waals surface area contributed by atoms with Gasteiger partial charge in [0.15, 0.2) is 4.90 Å². The van der Waals surface area contributed by atoms with E-state index in [1.165, 1.54) is 18.3 Å². The molecule has 1 aromatic heterocycles. The summed E-state index contributed by atoms with van der Waals surface area (Å²) in [5, 5.41) is 0.0502. The van der Waals surface area contributed by atoms with Crippen molar-refractivity contribution >= 4 is 27.3 Å². The van der Waals surface area contributed by atoms with Crippen molar-refractivity contribution in [3.63, 3.8) is 0 Å². The van der Waals surface area contributed by atoms with Crippen LogP contribution in [0.5, 0.6) is 0 Å². The zero-order chi connectivity index (χ0) is 14.0. The van der Waals surface area contributed by atoms with Crippen LogP contribution < -0.4 is 4.72 Å². The van der Waals surface area contributed by atoms with Crippen LogP contribution in [0.4, 0.5) is 14.5 Å². The van der Waals surface area contributed by atoms with E-state index in [-0.39, 0.29) is 10.8 Å². The number of nitrogens with zero attached hydrogens (tertiary/aromatic N) is 1. The smallest absolute Gasteiger partial charge is 0.267 e. The lowest BCUT2D eigenvalue weighted by molar-refractivity contribution is 0.521. The van der Waals surface area contributed by atoms with Crippen molar-refractivity contribution < 1.29 is 17.2 Å². The molecule has 100 valence electrons. The summed E-state index contributed by atoms with van der Waals surface area (Å²) >= 11 is 5.59. The van der Waals surface area contributed by atoms with Gasteiger partial charge in [0.25, 0.3) is 10.0 Å². The maximum Gasteiger partial charge on any atom is 0.267 e. The third-order valence-electron chi connectivity index (χ3n) is 2.17.